The molecule has 0 aliphatic heterocycles. The van der Waals surface area contributed by atoms with E-state index in [0.29, 0.717) is 23.6 Å². The molecule has 0 aliphatic rings. The van der Waals surface area contributed by atoms with Gasteiger partial charge in [-0.2, -0.15) is 0 Å². The van der Waals surface area contributed by atoms with Crippen LogP contribution in [0.5, 0.6) is 0 Å². The second-order valence-corrected chi connectivity index (χ2v) is 4.82. The number of aromatic nitrogens is 4. The van der Waals surface area contributed by atoms with Crippen LogP contribution < -0.4 is 5.32 Å². The number of anilines is 1. The summed E-state index contributed by atoms with van der Waals surface area (Å²) in [7, 11) is 0. The van der Waals surface area contributed by atoms with Crippen molar-refractivity contribution in [3.8, 4) is 0 Å². The Morgan fingerprint density at radius 1 is 1.17 bits per heavy atom. The summed E-state index contributed by atoms with van der Waals surface area (Å²) in [5.41, 5.74) is 0.885. The zero-order chi connectivity index (χ0) is 17.4. The van der Waals surface area contributed by atoms with Gasteiger partial charge < -0.3 is 9.47 Å². The van der Waals surface area contributed by atoms with E-state index < -0.39 is 12.1 Å². The van der Waals surface area contributed by atoms with Crippen LogP contribution in [0, 0.1) is 0 Å². The van der Waals surface area contributed by atoms with Gasteiger partial charge in [-0.15, -0.1) is 5.10 Å². The Morgan fingerprint density at radius 2 is 1.92 bits per heavy atom. The maximum atomic E-state index is 12.0. The second kappa shape index (κ2) is 8.61. The first-order valence-electron chi connectivity index (χ1n) is 7.60. The Balaban J connectivity index is 1.90. The van der Waals surface area contributed by atoms with E-state index in [-0.39, 0.29) is 13.2 Å². The van der Waals surface area contributed by atoms with E-state index >= 15 is 0 Å². The molecule has 0 radical (unpaired) electrons. The Labute approximate surface area is 138 Å². The van der Waals surface area contributed by atoms with Crippen LogP contribution in [0.25, 0.3) is 0 Å². The van der Waals surface area contributed by atoms with Crippen LogP contribution in [0.1, 0.15) is 36.5 Å². The number of amides is 1. The summed E-state index contributed by atoms with van der Waals surface area (Å²) in [6, 6.07) is 6.29. The molecule has 0 aliphatic carbocycles. The molecule has 1 amide bonds. The molecule has 0 atom stereocenters. The number of nitrogens with zero attached hydrogens (tertiary/aromatic N) is 4. The largest absolute Gasteiger partial charge is 0.454 e. The second-order valence-electron chi connectivity index (χ2n) is 4.82. The molecule has 24 heavy (non-hydrogen) atoms. The molecule has 1 aromatic carbocycles. The minimum Gasteiger partial charge on any atom is -0.454 e. The van der Waals surface area contributed by atoms with E-state index in [4.69, 9.17) is 9.47 Å². The lowest BCUT2D eigenvalue weighted by Crippen LogP contribution is -2.13. The number of aryl methyl sites for hydroxylation is 1. The zero-order valence-electron chi connectivity index (χ0n) is 13.6. The minimum atomic E-state index is -0.546. The van der Waals surface area contributed by atoms with Crippen molar-refractivity contribution in [3.05, 3.63) is 35.7 Å². The Morgan fingerprint density at radius 3 is 2.58 bits per heavy atom. The maximum absolute atomic E-state index is 12.0. The number of esters is 1. The van der Waals surface area contributed by atoms with Gasteiger partial charge in [0.25, 0.3) is 0 Å². The van der Waals surface area contributed by atoms with E-state index in [2.05, 4.69) is 20.8 Å². The van der Waals surface area contributed by atoms with Crippen molar-refractivity contribution >= 4 is 17.7 Å². The van der Waals surface area contributed by atoms with E-state index in [1.165, 1.54) is 0 Å². The monoisotopic (exact) mass is 333 g/mol. The van der Waals surface area contributed by atoms with Crippen molar-refractivity contribution in [2.24, 2.45) is 0 Å². The first-order valence-corrected chi connectivity index (χ1v) is 7.60. The number of carbonyl (C=O) groups is 2. The van der Waals surface area contributed by atoms with E-state index in [9.17, 15) is 9.59 Å². The molecule has 0 spiro atoms. The van der Waals surface area contributed by atoms with Crippen molar-refractivity contribution in [1.29, 1.82) is 0 Å². The van der Waals surface area contributed by atoms with Crippen LogP contribution in [0.3, 0.4) is 0 Å². The fraction of sp³-hybridized carbons (Fsp3) is 0.400. The van der Waals surface area contributed by atoms with Gasteiger partial charge in [-0.25, -0.2) is 14.3 Å². The van der Waals surface area contributed by atoms with Crippen LogP contribution in [0.2, 0.25) is 0 Å². The lowest BCUT2D eigenvalue weighted by molar-refractivity contribution is 0.0456. The Bertz CT molecular complexity index is 683. The number of rotatable bonds is 7. The topological polar surface area (TPSA) is 108 Å². The van der Waals surface area contributed by atoms with Gasteiger partial charge >= 0.3 is 12.1 Å². The van der Waals surface area contributed by atoms with Crippen molar-refractivity contribution in [3.63, 3.8) is 0 Å². The number of benzene rings is 1. The third-order valence-corrected chi connectivity index (χ3v) is 3.02. The summed E-state index contributed by atoms with van der Waals surface area (Å²) in [5, 5.41) is 13.8. The Kier molecular flexibility index (Phi) is 6.23. The molecule has 128 valence electrons. The Hall–Kier alpha value is -2.97. The summed E-state index contributed by atoms with van der Waals surface area (Å²) in [6.07, 6.45) is 0.330. The summed E-state index contributed by atoms with van der Waals surface area (Å²) < 4.78 is 11.6. The molecule has 1 heterocycles. The van der Waals surface area contributed by atoms with Crippen molar-refractivity contribution in [2.75, 3.05) is 11.9 Å². The SMILES string of the molecule is CCCn1nnnc1COC(=O)c1ccc(NC(=O)OCC)cc1. The number of hydrogen-bond acceptors (Lipinski definition) is 7. The molecule has 0 bridgehead atoms. The van der Waals surface area contributed by atoms with Gasteiger partial charge in [0, 0.05) is 12.2 Å². The third kappa shape index (κ3) is 4.77. The highest BCUT2D eigenvalue weighted by Gasteiger charge is 2.11. The molecule has 0 saturated heterocycles. The minimum absolute atomic E-state index is 0.00530. The average Bonchev–Trinajstić information content (AvgIpc) is 3.01. The van der Waals surface area contributed by atoms with Gasteiger partial charge in [-0.1, -0.05) is 6.92 Å². The zero-order valence-corrected chi connectivity index (χ0v) is 13.6. The van der Waals surface area contributed by atoms with Gasteiger partial charge in [-0.05, 0) is 48.0 Å². The molecule has 1 aromatic heterocycles. The number of tetrazole rings is 1. The molecular formula is C15H19N5O4. The van der Waals surface area contributed by atoms with Crippen molar-refractivity contribution < 1.29 is 19.1 Å². The van der Waals surface area contributed by atoms with Crippen molar-refractivity contribution in [2.45, 2.75) is 33.4 Å². The maximum Gasteiger partial charge on any atom is 0.411 e. The summed E-state index contributed by atoms with van der Waals surface area (Å²) in [4.78, 5) is 23.3. The van der Waals surface area contributed by atoms with E-state index in [1.807, 2.05) is 6.92 Å². The van der Waals surface area contributed by atoms with Crippen LogP contribution in [0.15, 0.2) is 24.3 Å². The number of nitrogens with one attached hydrogen (secondary N) is 1. The standard InChI is InChI=1S/C15H19N5O4/c1-3-9-20-13(17-18-19-20)10-24-14(21)11-5-7-12(8-6-11)16-15(22)23-4-2/h5-8H,3-4,9-10H2,1-2H3,(H,16,22). The van der Waals surface area contributed by atoms with Gasteiger partial charge in [-0.3, -0.25) is 5.32 Å². The van der Waals surface area contributed by atoms with Gasteiger partial charge in [0.05, 0.1) is 12.2 Å². The smallest absolute Gasteiger partial charge is 0.411 e. The van der Waals surface area contributed by atoms with Crippen LogP contribution in [-0.2, 0) is 22.6 Å². The van der Waals surface area contributed by atoms with Crippen LogP contribution in [0.4, 0.5) is 10.5 Å². The summed E-state index contributed by atoms with van der Waals surface area (Å²) >= 11 is 0. The molecule has 0 unspecified atom stereocenters. The highest BCUT2D eigenvalue weighted by atomic mass is 16.5. The fourth-order valence-corrected chi connectivity index (χ4v) is 1.90. The number of carbonyl (C=O) groups excluding carboxylic acids is 2. The summed E-state index contributed by atoms with van der Waals surface area (Å²) in [6.45, 7) is 4.66. The van der Waals surface area contributed by atoms with Gasteiger partial charge in [0.2, 0.25) is 0 Å². The number of ether oxygens (including phenoxy) is 2. The first-order chi connectivity index (χ1) is 11.6. The van der Waals surface area contributed by atoms with Crippen LogP contribution >= 0.6 is 0 Å². The third-order valence-electron chi connectivity index (χ3n) is 3.02. The molecule has 0 saturated carbocycles. The normalized spacial score (nSPS) is 10.2. The average molecular weight is 333 g/mol. The molecule has 9 nitrogen and oxygen atoms in total. The highest BCUT2D eigenvalue weighted by Crippen LogP contribution is 2.11. The lowest BCUT2D eigenvalue weighted by atomic mass is 10.2. The predicted molar refractivity (Wildman–Crippen MR) is 84.3 cm³/mol. The fourth-order valence-electron chi connectivity index (χ4n) is 1.90. The quantitative estimate of drug-likeness (QED) is 0.772. The molecule has 2 rings (SSSR count). The van der Waals surface area contributed by atoms with Gasteiger partial charge in [0.15, 0.2) is 12.4 Å². The highest BCUT2D eigenvalue weighted by molar-refractivity contribution is 5.91. The molecule has 9 heteroatoms. The molecule has 0 fully saturated rings. The van der Waals surface area contributed by atoms with Crippen LogP contribution in [-0.4, -0.2) is 38.9 Å². The lowest BCUT2D eigenvalue weighted by Gasteiger charge is -2.07. The summed E-state index contributed by atoms with van der Waals surface area (Å²) in [5.74, 6) is -0.00506. The molecule has 1 N–H and O–H groups in total. The van der Waals surface area contributed by atoms with Gasteiger partial charge in [0.1, 0.15) is 0 Å². The number of hydrogen-bond donors (Lipinski definition) is 1. The molecule has 2 aromatic rings. The van der Waals surface area contributed by atoms with E-state index in [0.717, 1.165) is 6.42 Å². The first kappa shape index (κ1) is 17.4. The predicted octanol–water partition coefficient (Wildman–Crippen LogP) is 2.01. The molecular weight excluding hydrogens is 314 g/mol. The van der Waals surface area contributed by atoms with E-state index in [1.54, 1.807) is 35.9 Å². The van der Waals surface area contributed by atoms with Crippen molar-refractivity contribution in [1.82, 2.24) is 20.2 Å².